The van der Waals surface area contributed by atoms with Crippen LogP contribution in [0.15, 0.2) is 18.2 Å². The quantitative estimate of drug-likeness (QED) is 0.480. The van der Waals surface area contributed by atoms with E-state index in [9.17, 15) is 20.0 Å². The molecule has 1 aliphatic heterocycles. The molecule has 1 heterocycles. The van der Waals surface area contributed by atoms with Crippen LogP contribution in [-0.4, -0.2) is 35.5 Å². The molecule has 0 bridgehead atoms. The summed E-state index contributed by atoms with van der Waals surface area (Å²) in [5.74, 6) is 0. The summed E-state index contributed by atoms with van der Waals surface area (Å²) in [6, 6.07) is 4.41. The zero-order valence-corrected chi connectivity index (χ0v) is 9.07. The summed E-state index contributed by atoms with van der Waals surface area (Å²) in [7, 11) is 0. The van der Waals surface area contributed by atoms with Gasteiger partial charge < -0.3 is 10.0 Å². The number of nitro groups is 1. The predicted octanol–water partition coefficient (Wildman–Crippen LogP) is 0.978. The number of hydrogen-bond donors (Lipinski definition) is 1. The Hall–Kier alpha value is -1.95. The van der Waals surface area contributed by atoms with E-state index in [4.69, 9.17) is 0 Å². The lowest BCUT2D eigenvalue weighted by Gasteiger charge is -2.17. The first-order valence-electron chi connectivity index (χ1n) is 5.28. The number of nitrogens with zero attached hydrogens (tertiary/aromatic N) is 2. The van der Waals surface area contributed by atoms with Gasteiger partial charge in [0.1, 0.15) is 0 Å². The van der Waals surface area contributed by atoms with Gasteiger partial charge in [0.15, 0.2) is 6.29 Å². The van der Waals surface area contributed by atoms with Crippen LogP contribution in [-0.2, 0) is 0 Å². The summed E-state index contributed by atoms with van der Waals surface area (Å²) in [6.45, 7) is 1.19. The molecule has 0 radical (unpaired) electrons. The Morgan fingerprint density at radius 1 is 1.53 bits per heavy atom. The van der Waals surface area contributed by atoms with E-state index < -0.39 is 4.92 Å². The molecule has 6 heteroatoms. The third-order valence-electron chi connectivity index (χ3n) is 2.86. The van der Waals surface area contributed by atoms with E-state index in [0.717, 1.165) is 5.69 Å². The summed E-state index contributed by atoms with van der Waals surface area (Å²) >= 11 is 0. The van der Waals surface area contributed by atoms with Crippen molar-refractivity contribution in [3.8, 4) is 0 Å². The van der Waals surface area contributed by atoms with Gasteiger partial charge in [-0.3, -0.25) is 14.9 Å². The molecule has 1 saturated heterocycles. The van der Waals surface area contributed by atoms with Crippen LogP contribution < -0.4 is 4.90 Å². The number of carbonyl (C=O) groups excluding carboxylic acids is 1. The highest BCUT2D eigenvalue weighted by Gasteiger charge is 2.22. The van der Waals surface area contributed by atoms with Crippen LogP contribution in [0.25, 0.3) is 0 Å². The number of nitro benzene ring substituents is 1. The van der Waals surface area contributed by atoms with E-state index in [-0.39, 0.29) is 17.4 Å². The molecule has 1 aromatic rings. The van der Waals surface area contributed by atoms with Gasteiger partial charge in [-0.1, -0.05) is 0 Å². The molecule has 2 rings (SSSR count). The van der Waals surface area contributed by atoms with Crippen LogP contribution in [0.1, 0.15) is 16.8 Å². The third kappa shape index (κ3) is 2.26. The molecule has 0 spiro atoms. The maximum atomic E-state index is 10.8. The largest absolute Gasteiger partial charge is 0.391 e. The lowest BCUT2D eigenvalue weighted by molar-refractivity contribution is -0.385. The molecule has 1 unspecified atom stereocenters. The Balaban J connectivity index is 2.31. The van der Waals surface area contributed by atoms with Gasteiger partial charge in [-0.2, -0.15) is 0 Å². The summed E-state index contributed by atoms with van der Waals surface area (Å²) < 4.78 is 0. The van der Waals surface area contributed by atoms with Gasteiger partial charge in [-0.15, -0.1) is 0 Å². The van der Waals surface area contributed by atoms with Crippen molar-refractivity contribution < 1.29 is 14.8 Å². The fraction of sp³-hybridized carbons (Fsp3) is 0.364. The van der Waals surface area contributed by atoms with Crippen LogP contribution in [0, 0.1) is 10.1 Å². The Morgan fingerprint density at radius 3 is 2.82 bits per heavy atom. The molecule has 0 saturated carbocycles. The SMILES string of the molecule is O=Cc1cc(N2CCC(O)C2)ccc1[N+](=O)[O-]. The molecule has 1 aliphatic rings. The smallest absolute Gasteiger partial charge is 0.280 e. The standard InChI is InChI=1S/C11H12N2O4/c14-7-8-5-9(1-2-11(8)13(16)17)12-4-3-10(15)6-12/h1-2,5,7,10,15H,3-4,6H2. The highest BCUT2D eigenvalue weighted by molar-refractivity contribution is 5.83. The first kappa shape index (κ1) is 11.5. The average molecular weight is 236 g/mol. The second-order valence-corrected chi connectivity index (χ2v) is 4.01. The molecule has 0 aliphatic carbocycles. The van der Waals surface area contributed by atoms with Gasteiger partial charge in [0.05, 0.1) is 16.6 Å². The Labute approximate surface area is 97.6 Å². The number of carbonyl (C=O) groups is 1. The summed E-state index contributed by atoms with van der Waals surface area (Å²) in [5.41, 5.74) is 0.603. The van der Waals surface area contributed by atoms with Gasteiger partial charge in [0, 0.05) is 24.8 Å². The van der Waals surface area contributed by atoms with Gasteiger partial charge in [0.25, 0.3) is 5.69 Å². The number of benzene rings is 1. The fourth-order valence-electron chi connectivity index (χ4n) is 1.98. The van der Waals surface area contributed by atoms with Gasteiger partial charge in [-0.25, -0.2) is 0 Å². The van der Waals surface area contributed by atoms with Crippen molar-refractivity contribution in [1.29, 1.82) is 0 Å². The number of aliphatic hydroxyl groups is 1. The average Bonchev–Trinajstić information content (AvgIpc) is 2.75. The molecular formula is C11H12N2O4. The molecule has 6 nitrogen and oxygen atoms in total. The molecule has 1 aromatic carbocycles. The minimum Gasteiger partial charge on any atom is -0.391 e. The van der Waals surface area contributed by atoms with Gasteiger partial charge >= 0.3 is 0 Å². The Bertz CT molecular complexity index is 461. The van der Waals surface area contributed by atoms with Crippen LogP contribution in [0.2, 0.25) is 0 Å². The van der Waals surface area contributed by atoms with Crippen molar-refractivity contribution in [3.63, 3.8) is 0 Å². The van der Waals surface area contributed by atoms with E-state index >= 15 is 0 Å². The maximum absolute atomic E-state index is 10.8. The molecule has 0 aromatic heterocycles. The minimum atomic E-state index is -0.577. The number of anilines is 1. The van der Waals surface area contributed by atoms with Crippen LogP contribution >= 0.6 is 0 Å². The third-order valence-corrected chi connectivity index (χ3v) is 2.86. The van der Waals surface area contributed by atoms with Crippen molar-refractivity contribution in [3.05, 3.63) is 33.9 Å². The second kappa shape index (κ2) is 4.50. The minimum absolute atomic E-state index is 0.0638. The van der Waals surface area contributed by atoms with E-state index in [1.807, 2.05) is 4.90 Å². The molecule has 1 atom stereocenters. The number of β-amino-alcohol motifs (C(OH)–C–C–N with tert-alkyl or cyclic N) is 1. The molecular weight excluding hydrogens is 224 g/mol. The Morgan fingerprint density at radius 2 is 2.29 bits per heavy atom. The number of aldehydes is 1. The lowest BCUT2D eigenvalue weighted by Crippen LogP contribution is -2.21. The molecule has 17 heavy (non-hydrogen) atoms. The summed E-state index contributed by atoms with van der Waals surface area (Å²) in [4.78, 5) is 22.8. The van der Waals surface area contributed by atoms with Crippen LogP contribution in [0.3, 0.4) is 0 Å². The highest BCUT2D eigenvalue weighted by atomic mass is 16.6. The zero-order chi connectivity index (χ0) is 12.4. The molecule has 1 fully saturated rings. The highest BCUT2D eigenvalue weighted by Crippen LogP contribution is 2.26. The molecule has 0 amide bonds. The lowest BCUT2D eigenvalue weighted by atomic mass is 10.1. The summed E-state index contributed by atoms with van der Waals surface area (Å²) in [6.07, 6.45) is 0.784. The summed E-state index contributed by atoms with van der Waals surface area (Å²) in [5, 5.41) is 20.1. The van der Waals surface area contributed by atoms with Crippen molar-refractivity contribution >= 4 is 17.7 Å². The monoisotopic (exact) mass is 236 g/mol. The normalized spacial score (nSPS) is 19.4. The van der Waals surface area contributed by atoms with Crippen molar-refractivity contribution in [2.24, 2.45) is 0 Å². The van der Waals surface area contributed by atoms with Crippen molar-refractivity contribution in [1.82, 2.24) is 0 Å². The fourth-order valence-corrected chi connectivity index (χ4v) is 1.98. The predicted molar refractivity (Wildman–Crippen MR) is 61.3 cm³/mol. The first-order chi connectivity index (χ1) is 8.11. The van der Waals surface area contributed by atoms with Gasteiger partial charge in [-0.05, 0) is 18.6 Å². The van der Waals surface area contributed by atoms with E-state index in [1.165, 1.54) is 12.1 Å². The van der Waals surface area contributed by atoms with Crippen LogP contribution in [0.4, 0.5) is 11.4 Å². The maximum Gasteiger partial charge on any atom is 0.280 e. The van der Waals surface area contributed by atoms with Gasteiger partial charge in [0.2, 0.25) is 0 Å². The zero-order valence-electron chi connectivity index (χ0n) is 9.07. The Kier molecular flexibility index (Phi) is 3.06. The second-order valence-electron chi connectivity index (χ2n) is 4.01. The molecule has 1 N–H and O–H groups in total. The van der Waals surface area contributed by atoms with E-state index in [0.29, 0.717) is 25.8 Å². The van der Waals surface area contributed by atoms with Crippen LogP contribution in [0.5, 0.6) is 0 Å². The number of aliphatic hydroxyl groups excluding tert-OH is 1. The molecule has 90 valence electrons. The van der Waals surface area contributed by atoms with E-state index in [2.05, 4.69) is 0 Å². The first-order valence-corrected chi connectivity index (χ1v) is 5.28. The topological polar surface area (TPSA) is 83.7 Å². The number of hydrogen-bond acceptors (Lipinski definition) is 5. The van der Waals surface area contributed by atoms with E-state index in [1.54, 1.807) is 6.07 Å². The van der Waals surface area contributed by atoms with Crippen molar-refractivity contribution in [2.75, 3.05) is 18.0 Å². The number of rotatable bonds is 3. The van der Waals surface area contributed by atoms with Crippen molar-refractivity contribution in [2.45, 2.75) is 12.5 Å².